The predicted octanol–water partition coefficient (Wildman–Crippen LogP) is 2.80. The molecule has 4 heteroatoms. The highest BCUT2D eigenvalue weighted by molar-refractivity contribution is 6.37. The van der Waals surface area contributed by atoms with Crippen LogP contribution in [0.5, 0.6) is 0 Å². The third-order valence-corrected chi connectivity index (χ3v) is 2.79. The molecule has 0 unspecified atom stereocenters. The van der Waals surface area contributed by atoms with E-state index in [2.05, 4.69) is 6.58 Å². The molecule has 86 valence electrons. The van der Waals surface area contributed by atoms with Crippen molar-refractivity contribution in [2.45, 2.75) is 6.92 Å². The summed E-state index contributed by atoms with van der Waals surface area (Å²) in [6.07, 6.45) is 2.46. The molecule has 2 amide bonds. The molecule has 2 rings (SSSR count). The van der Waals surface area contributed by atoms with Crippen LogP contribution < -0.4 is 4.90 Å². The van der Waals surface area contributed by atoms with Gasteiger partial charge in [-0.2, -0.15) is 0 Å². The lowest BCUT2D eigenvalue weighted by Crippen LogP contribution is -2.29. The number of carbonyl (C=O) groups excluding carboxylic acids is 2. The Hall–Kier alpha value is -1.87. The third kappa shape index (κ3) is 2.01. The average molecular weight is 248 g/mol. The van der Waals surface area contributed by atoms with E-state index < -0.39 is 0 Å². The Kier molecular flexibility index (Phi) is 2.86. The zero-order valence-corrected chi connectivity index (χ0v) is 9.99. The molecule has 3 nitrogen and oxygen atoms in total. The number of amides is 2. The highest BCUT2D eigenvalue weighted by Crippen LogP contribution is 2.30. The zero-order valence-electron chi connectivity index (χ0n) is 9.24. The van der Waals surface area contributed by atoms with E-state index in [-0.39, 0.29) is 11.8 Å². The smallest absolute Gasteiger partial charge is 0.258 e. The molecule has 1 aliphatic heterocycles. The molecular formula is C13H10ClNO2. The first-order chi connectivity index (χ1) is 8.00. The van der Waals surface area contributed by atoms with Gasteiger partial charge in [-0.15, -0.1) is 0 Å². The van der Waals surface area contributed by atoms with Gasteiger partial charge in [0.25, 0.3) is 11.8 Å². The van der Waals surface area contributed by atoms with Gasteiger partial charge in [0, 0.05) is 12.2 Å². The molecule has 0 N–H and O–H groups in total. The summed E-state index contributed by atoms with van der Waals surface area (Å²) in [5, 5.41) is 0.357. The standard InChI is InChI=1S/C13H10ClNO2/c1-8(2)9-3-4-11(10(14)7-9)15-12(16)5-6-13(15)17/h3-7H,1H2,2H3. The molecule has 0 bridgehead atoms. The van der Waals surface area contributed by atoms with E-state index in [0.717, 1.165) is 16.0 Å². The fourth-order valence-electron chi connectivity index (χ4n) is 1.59. The number of carbonyl (C=O) groups is 2. The van der Waals surface area contributed by atoms with Crippen molar-refractivity contribution >= 4 is 34.7 Å². The van der Waals surface area contributed by atoms with Gasteiger partial charge < -0.3 is 0 Å². The molecule has 17 heavy (non-hydrogen) atoms. The summed E-state index contributed by atoms with van der Waals surface area (Å²) in [6.45, 7) is 5.67. The highest BCUT2D eigenvalue weighted by atomic mass is 35.5. The maximum atomic E-state index is 11.5. The maximum absolute atomic E-state index is 11.5. The number of allylic oxidation sites excluding steroid dienone is 1. The second-order valence-electron chi connectivity index (χ2n) is 3.79. The first-order valence-corrected chi connectivity index (χ1v) is 5.40. The summed E-state index contributed by atoms with van der Waals surface area (Å²) < 4.78 is 0. The van der Waals surface area contributed by atoms with Crippen molar-refractivity contribution in [1.29, 1.82) is 0 Å². The highest BCUT2D eigenvalue weighted by Gasteiger charge is 2.26. The van der Waals surface area contributed by atoms with Gasteiger partial charge in [-0.05, 0) is 24.6 Å². The van der Waals surface area contributed by atoms with E-state index in [0.29, 0.717) is 10.7 Å². The van der Waals surface area contributed by atoms with Crippen molar-refractivity contribution in [2.75, 3.05) is 4.90 Å². The number of benzene rings is 1. The number of nitrogens with zero attached hydrogens (tertiary/aromatic N) is 1. The van der Waals surface area contributed by atoms with Crippen molar-refractivity contribution in [1.82, 2.24) is 0 Å². The molecule has 0 aliphatic carbocycles. The number of halogens is 1. The largest absolute Gasteiger partial charge is 0.269 e. The zero-order chi connectivity index (χ0) is 12.6. The van der Waals surface area contributed by atoms with Gasteiger partial charge in [-0.1, -0.05) is 29.8 Å². The molecule has 0 saturated carbocycles. The van der Waals surface area contributed by atoms with E-state index in [1.165, 1.54) is 12.2 Å². The SMILES string of the molecule is C=C(C)c1ccc(N2C(=O)C=CC2=O)c(Cl)c1. The maximum Gasteiger partial charge on any atom is 0.258 e. The van der Waals surface area contributed by atoms with Crippen LogP contribution >= 0.6 is 11.6 Å². The van der Waals surface area contributed by atoms with Crippen molar-refractivity contribution in [3.05, 3.63) is 47.5 Å². The van der Waals surface area contributed by atoms with Gasteiger partial charge in [-0.3, -0.25) is 9.59 Å². The van der Waals surface area contributed by atoms with Crippen LogP contribution in [-0.2, 0) is 9.59 Å². The van der Waals surface area contributed by atoms with Gasteiger partial charge >= 0.3 is 0 Å². The Bertz CT molecular complexity index is 543. The average Bonchev–Trinajstić information content (AvgIpc) is 2.59. The van der Waals surface area contributed by atoms with Crippen molar-refractivity contribution < 1.29 is 9.59 Å². The summed E-state index contributed by atoms with van der Waals surface area (Å²) in [5.41, 5.74) is 2.15. The Balaban J connectivity index is 2.44. The monoisotopic (exact) mass is 247 g/mol. The van der Waals surface area contributed by atoms with Gasteiger partial charge in [0.05, 0.1) is 10.7 Å². The summed E-state index contributed by atoms with van der Waals surface area (Å²) >= 11 is 6.07. The predicted molar refractivity (Wildman–Crippen MR) is 67.8 cm³/mol. The van der Waals surface area contributed by atoms with E-state index in [1.54, 1.807) is 18.2 Å². The first kappa shape index (κ1) is 11.6. The van der Waals surface area contributed by atoms with Crippen LogP contribution in [0.2, 0.25) is 5.02 Å². The van der Waals surface area contributed by atoms with Crippen LogP contribution in [0.15, 0.2) is 36.9 Å². The van der Waals surface area contributed by atoms with Crippen molar-refractivity contribution in [3.8, 4) is 0 Å². The molecular weight excluding hydrogens is 238 g/mol. The van der Waals surface area contributed by atoms with E-state index in [4.69, 9.17) is 11.6 Å². The number of rotatable bonds is 2. The van der Waals surface area contributed by atoms with Gasteiger partial charge in [0.2, 0.25) is 0 Å². The quantitative estimate of drug-likeness (QED) is 0.754. The number of hydrogen-bond donors (Lipinski definition) is 0. The van der Waals surface area contributed by atoms with Gasteiger partial charge in [-0.25, -0.2) is 4.90 Å². The summed E-state index contributed by atoms with van der Waals surface area (Å²) in [4.78, 5) is 24.0. The molecule has 0 atom stereocenters. The van der Waals surface area contributed by atoms with Crippen LogP contribution in [-0.4, -0.2) is 11.8 Å². The van der Waals surface area contributed by atoms with Crippen LogP contribution in [0.25, 0.3) is 5.57 Å². The van der Waals surface area contributed by atoms with Crippen LogP contribution in [0, 0.1) is 0 Å². The molecule has 0 aromatic heterocycles. The molecule has 0 saturated heterocycles. The molecule has 1 heterocycles. The van der Waals surface area contributed by atoms with Crippen LogP contribution in [0.1, 0.15) is 12.5 Å². The van der Waals surface area contributed by atoms with Crippen molar-refractivity contribution in [2.24, 2.45) is 0 Å². The van der Waals surface area contributed by atoms with E-state index in [9.17, 15) is 9.59 Å². The molecule has 1 aliphatic rings. The molecule has 0 radical (unpaired) electrons. The summed E-state index contributed by atoms with van der Waals surface area (Å²) in [7, 11) is 0. The Labute approximate surface area is 104 Å². The Morgan fingerprint density at radius 1 is 1.24 bits per heavy atom. The number of anilines is 1. The van der Waals surface area contributed by atoms with E-state index >= 15 is 0 Å². The van der Waals surface area contributed by atoms with Crippen molar-refractivity contribution in [3.63, 3.8) is 0 Å². The second kappa shape index (κ2) is 4.18. The Morgan fingerprint density at radius 2 is 1.82 bits per heavy atom. The molecule has 0 spiro atoms. The minimum absolute atomic E-state index is 0.357. The van der Waals surface area contributed by atoms with Crippen LogP contribution in [0.3, 0.4) is 0 Å². The Morgan fingerprint density at radius 3 is 2.29 bits per heavy atom. The number of imide groups is 1. The summed E-state index contributed by atoms with van der Waals surface area (Å²) in [5.74, 6) is -0.750. The van der Waals surface area contributed by atoms with E-state index in [1.807, 2.05) is 6.92 Å². The molecule has 0 fully saturated rings. The minimum atomic E-state index is -0.375. The second-order valence-corrected chi connectivity index (χ2v) is 4.20. The fraction of sp³-hybridized carbons (Fsp3) is 0.0769. The van der Waals surface area contributed by atoms with Crippen LogP contribution in [0.4, 0.5) is 5.69 Å². The first-order valence-electron chi connectivity index (χ1n) is 5.02. The lowest BCUT2D eigenvalue weighted by Gasteiger charge is -2.16. The normalized spacial score (nSPS) is 14.6. The van der Waals surface area contributed by atoms with Gasteiger partial charge in [0.15, 0.2) is 0 Å². The lowest BCUT2D eigenvalue weighted by atomic mass is 10.1. The molecule has 1 aromatic carbocycles. The molecule has 1 aromatic rings. The number of hydrogen-bond acceptors (Lipinski definition) is 2. The topological polar surface area (TPSA) is 37.4 Å². The minimum Gasteiger partial charge on any atom is -0.269 e. The fourth-order valence-corrected chi connectivity index (χ4v) is 1.86. The summed E-state index contributed by atoms with van der Waals surface area (Å²) in [6, 6.07) is 5.12. The van der Waals surface area contributed by atoms with Gasteiger partial charge in [0.1, 0.15) is 0 Å². The third-order valence-electron chi connectivity index (χ3n) is 2.49. The lowest BCUT2D eigenvalue weighted by molar-refractivity contribution is -0.119.